The van der Waals surface area contributed by atoms with Gasteiger partial charge in [-0.15, -0.1) is 0 Å². The van der Waals surface area contributed by atoms with E-state index in [1.54, 1.807) is 0 Å². The number of carbonyl (C=O) groups excluding carboxylic acids is 1. The molecule has 144 valence electrons. The van der Waals surface area contributed by atoms with Crippen LogP contribution in [0.2, 0.25) is 10.0 Å². The van der Waals surface area contributed by atoms with Crippen LogP contribution in [0.25, 0.3) is 0 Å². The van der Waals surface area contributed by atoms with Crippen LogP contribution in [0.5, 0.6) is 0 Å². The number of benzene rings is 2. The lowest BCUT2D eigenvalue weighted by molar-refractivity contribution is -0.114. The van der Waals surface area contributed by atoms with Crippen LogP contribution in [0.15, 0.2) is 42.5 Å². The van der Waals surface area contributed by atoms with Gasteiger partial charge in [0.2, 0.25) is 5.91 Å². The zero-order chi connectivity index (χ0) is 19.2. The predicted octanol–water partition coefficient (Wildman–Crippen LogP) is 4.71. The number of nitrogens with zero attached hydrogens (tertiary/aromatic N) is 1. The summed E-state index contributed by atoms with van der Waals surface area (Å²) in [5, 5.41) is 7.66. The fourth-order valence-electron chi connectivity index (χ4n) is 3.36. The lowest BCUT2D eigenvalue weighted by atomic mass is 10.0. The molecule has 0 atom stereocenters. The molecule has 0 radical (unpaired) electrons. The summed E-state index contributed by atoms with van der Waals surface area (Å²) in [6.45, 7) is 5.41. The van der Waals surface area contributed by atoms with Crippen molar-refractivity contribution in [2.45, 2.75) is 38.9 Å². The molecule has 0 unspecified atom stereocenters. The number of likely N-dealkylation sites (tertiary alicyclic amines) is 1. The van der Waals surface area contributed by atoms with Crippen molar-refractivity contribution in [2.24, 2.45) is 0 Å². The van der Waals surface area contributed by atoms with E-state index in [1.165, 1.54) is 18.1 Å². The van der Waals surface area contributed by atoms with E-state index in [-0.39, 0.29) is 5.91 Å². The van der Waals surface area contributed by atoms with Gasteiger partial charge in [-0.1, -0.05) is 41.4 Å². The fraction of sp³-hybridized carbons (Fsp3) is 0.381. The Kier molecular flexibility index (Phi) is 7.13. The third-order valence-corrected chi connectivity index (χ3v) is 5.59. The maximum absolute atomic E-state index is 11.1. The molecule has 2 aromatic rings. The van der Waals surface area contributed by atoms with Gasteiger partial charge in [0.15, 0.2) is 0 Å². The van der Waals surface area contributed by atoms with Gasteiger partial charge in [-0.05, 0) is 61.3 Å². The van der Waals surface area contributed by atoms with Crippen molar-refractivity contribution in [2.75, 3.05) is 18.4 Å². The Balaban J connectivity index is 1.41. The molecule has 2 N–H and O–H groups in total. The van der Waals surface area contributed by atoms with Crippen molar-refractivity contribution in [1.82, 2.24) is 10.2 Å². The van der Waals surface area contributed by atoms with Gasteiger partial charge >= 0.3 is 0 Å². The molecule has 1 heterocycles. The molecule has 1 aliphatic heterocycles. The van der Waals surface area contributed by atoms with E-state index >= 15 is 0 Å². The number of anilines is 1. The summed E-state index contributed by atoms with van der Waals surface area (Å²) in [6, 6.07) is 14.4. The number of nitrogens with one attached hydrogen (secondary N) is 2. The van der Waals surface area contributed by atoms with E-state index in [9.17, 15) is 4.79 Å². The maximum Gasteiger partial charge on any atom is 0.221 e. The summed E-state index contributed by atoms with van der Waals surface area (Å²) >= 11 is 12.1. The average Bonchev–Trinajstić information content (AvgIpc) is 2.65. The Morgan fingerprint density at radius 3 is 2.33 bits per heavy atom. The van der Waals surface area contributed by atoms with Gasteiger partial charge in [0, 0.05) is 31.7 Å². The Morgan fingerprint density at radius 1 is 1.04 bits per heavy atom. The first-order valence-corrected chi connectivity index (χ1v) is 10.0. The molecular weight excluding hydrogens is 381 g/mol. The van der Waals surface area contributed by atoms with Gasteiger partial charge < -0.3 is 10.6 Å². The van der Waals surface area contributed by atoms with Crippen LogP contribution in [0, 0.1) is 0 Å². The molecule has 0 aliphatic carbocycles. The van der Waals surface area contributed by atoms with Crippen LogP contribution < -0.4 is 10.6 Å². The highest BCUT2D eigenvalue weighted by atomic mass is 35.5. The van der Waals surface area contributed by atoms with Crippen LogP contribution in [0.4, 0.5) is 5.69 Å². The molecule has 0 saturated carbocycles. The summed E-state index contributed by atoms with van der Waals surface area (Å²) < 4.78 is 0. The van der Waals surface area contributed by atoms with Gasteiger partial charge in [-0.2, -0.15) is 0 Å². The highest BCUT2D eigenvalue weighted by Gasteiger charge is 2.19. The van der Waals surface area contributed by atoms with Crippen LogP contribution in [0.1, 0.15) is 30.9 Å². The first kappa shape index (κ1) is 20.2. The first-order chi connectivity index (χ1) is 13.0. The monoisotopic (exact) mass is 405 g/mol. The van der Waals surface area contributed by atoms with Crippen molar-refractivity contribution < 1.29 is 4.79 Å². The van der Waals surface area contributed by atoms with E-state index in [1.807, 2.05) is 30.3 Å². The normalized spacial score (nSPS) is 15.7. The molecular formula is C21H25Cl2N3O. The first-order valence-electron chi connectivity index (χ1n) is 9.26. The Bertz CT molecular complexity index is 771. The second-order valence-electron chi connectivity index (χ2n) is 7.06. The molecule has 0 aromatic heterocycles. The van der Waals surface area contributed by atoms with Gasteiger partial charge in [-0.3, -0.25) is 9.69 Å². The molecule has 27 heavy (non-hydrogen) atoms. The summed E-state index contributed by atoms with van der Waals surface area (Å²) in [6.07, 6.45) is 2.26. The zero-order valence-corrected chi connectivity index (χ0v) is 17.0. The minimum atomic E-state index is -0.0477. The van der Waals surface area contributed by atoms with E-state index in [2.05, 4.69) is 27.7 Å². The number of halogens is 2. The van der Waals surface area contributed by atoms with Crippen molar-refractivity contribution >= 4 is 34.8 Å². The minimum Gasteiger partial charge on any atom is -0.326 e. The van der Waals surface area contributed by atoms with Crippen LogP contribution in [0.3, 0.4) is 0 Å². The molecule has 1 fully saturated rings. The Hall–Kier alpha value is -1.59. The van der Waals surface area contributed by atoms with Crippen LogP contribution in [-0.2, 0) is 17.9 Å². The fourth-order valence-corrected chi connectivity index (χ4v) is 3.68. The SMILES string of the molecule is CC(=O)Nc1ccc(CNC2CCN(Cc3ccc(Cl)c(Cl)c3)CC2)cc1. The summed E-state index contributed by atoms with van der Waals surface area (Å²) in [5.74, 6) is -0.0477. The van der Waals surface area contributed by atoms with E-state index in [0.29, 0.717) is 16.1 Å². The maximum atomic E-state index is 11.1. The minimum absolute atomic E-state index is 0.0477. The molecule has 2 aromatic carbocycles. The highest BCUT2D eigenvalue weighted by Crippen LogP contribution is 2.24. The number of amides is 1. The molecule has 1 amide bonds. The van der Waals surface area contributed by atoms with Gasteiger partial charge in [-0.25, -0.2) is 0 Å². The molecule has 6 heteroatoms. The molecule has 4 nitrogen and oxygen atoms in total. The summed E-state index contributed by atoms with van der Waals surface area (Å²) in [7, 11) is 0. The summed E-state index contributed by atoms with van der Waals surface area (Å²) in [4.78, 5) is 13.5. The average molecular weight is 406 g/mol. The smallest absolute Gasteiger partial charge is 0.221 e. The van der Waals surface area contributed by atoms with E-state index in [4.69, 9.17) is 23.2 Å². The lowest BCUT2D eigenvalue weighted by Crippen LogP contribution is -2.41. The van der Waals surface area contributed by atoms with E-state index in [0.717, 1.165) is 44.7 Å². The second kappa shape index (κ2) is 9.56. The van der Waals surface area contributed by atoms with Crippen LogP contribution in [-0.4, -0.2) is 29.9 Å². The molecule has 1 aliphatic rings. The van der Waals surface area contributed by atoms with Gasteiger partial charge in [0.05, 0.1) is 10.0 Å². The highest BCUT2D eigenvalue weighted by molar-refractivity contribution is 6.42. The Morgan fingerprint density at radius 2 is 1.70 bits per heavy atom. The van der Waals surface area contributed by atoms with Crippen molar-refractivity contribution in [3.05, 3.63) is 63.6 Å². The quantitative estimate of drug-likeness (QED) is 0.731. The number of rotatable bonds is 6. The number of hydrogen-bond donors (Lipinski definition) is 2. The number of carbonyl (C=O) groups is 1. The zero-order valence-electron chi connectivity index (χ0n) is 15.5. The summed E-state index contributed by atoms with van der Waals surface area (Å²) in [5.41, 5.74) is 3.26. The second-order valence-corrected chi connectivity index (χ2v) is 7.87. The van der Waals surface area contributed by atoms with Crippen molar-refractivity contribution in [3.63, 3.8) is 0 Å². The number of piperidine rings is 1. The van der Waals surface area contributed by atoms with Gasteiger partial charge in [0.1, 0.15) is 0 Å². The molecule has 0 bridgehead atoms. The molecule has 0 spiro atoms. The van der Waals surface area contributed by atoms with E-state index < -0.39 is 0 Å². The van der Waals surface area contributed by atoms with Gasteiger partial charge in [0.25, 0.3) is 0 Å². The third kappa shape index (κ3) is 6.22. The third-order valence-electron chi connectivity index (χ3n) is 4.85. The van der Waals surface area contributed by atoms with Crippen molar-refractivity contribution in [1.29, 1.82) is 0 Å². The Labute approximate surface area is 170 Å². The lowest BCUT2D eigenvalue weighted by Gasteiger charge is -2.32. The molecule has 3 rings (SSSR count). The van der Waals surface area contributed by atoms with Crippen LogP contribution >= 0.6 is 23.2 Å². The standard InChI is InChI=1S/C21H25Cl2N3O/c1-15(27)25-19-5-2-16(3-6-19)13-24-18-8-10-26(11-9-18)14-17-4-7-20(22)21(23)12-17/h2-7,12,18,24H,8-11,13-14H2,1H3,(H,25,27). The topological polar surface area (TPSA) is 44.4 Å². The largest absolute Gasteiger partial charge is 0.326 e. The van der Waals surface area contributed by atoms with Crippen molar-refractivity contribution in [3.8, 4) is 0 Å². The molecule has 1 saturated heterocycles. The predicted molar refractivity (Wildman–Crippen MR) is 112 cm³/mol. The number of hydrogen-bond acceptors (Lipinski definition) is 3.